The summed E-state index contributed by atoms with van der Waals surface area (Å²) in [6.07, 6.45) is 4.16. The van der Waals surface area contributed by atoms with Crippen LogP contribution in [0.4, 0.5) is 8.78 Å². The Labute approximate surface area is 191 Å². The van der Waals surface area contributed by atoms with E-state index in [1.54, 1.807) is 17.4 Å². The van der Waals surface area contributed by atoms with Crippen LogP contribution in [-0.2, 0) is 6.42 Å². The number of hydrogen-bond acceptors (Lipinski definition) is 5. The maximum atomic E-state index is 14.6. The molecular weight excluding hydrogens is 448 g/mol. The van der Waals surface area contributed by atoms with Crippen LogP contribution in [0.25, 0.3) is 27.3 Å². The van der Waals surface area contributed by atoms with Gasteiger partial charge in [-0.05, 0) is 62.2 Å². The molecular formula is C24H19F2N3O3S. The first-order valence-corrected chi connectivity index (χ1v) is 11.2. The average molecular weight is 467 g/mol. The molecule has 0 saturated heterocycles. The molecule has 3 heterocycles. The predicted molar refractivity (Wildman–Crippen MR) is 122 cm³/mol. The molecule has 9 heteroatoms. The third-order valence-electron chi connectivity index (χ3n) is 5.97. The second-order valence-corrected chi connectivity index (χ2v) is 9.07. The average Bonchev–Trinajstić information content (AvgIpc) is 3.24. The standard InChI is InChI=1S/C24H19F2N3O3S/c1-27-17-3-2-4-20-14(17)10-21(33-20)18-7-6-13-22(30)15(24(31)32)11-29(23(13)28-18)19-8-5-12(25)9-16(19)26/h5-11,17,27H,2-4H2,1H3,(H,31,32). The van der Waals surface area contributed by atoms with E-state index in [0.29, 0.717) is 11.8 Å². The van der Waals surface area contributed by atoms with Crippen molar-refractivity contribution >= 4 is 28.3 Å². The van der Waals surface area contributed by atoms with Crippen molar-refractivity contribution in [2.75, 3.05) is 7.05 Å². The van der Waals surface area contributed by atoms with Crippen LogP contribution in [0.5, 0.6) is 0 Å². The van der Waals surface area contributed by atoms with Crippen molar-refractivity contribution in [2.45, 2.75) is 25.3 Å². The summed E-state index contributed by atoms with van der Waals surface area (Å²) in [7, 11) is 1.93. The van der Waals surface area contributed by atoms with Crippen molar-refractivity contribution in [2.24, 2.45) is 0 Å². The Balaban J connectivity index is 1.75. The molecule has 1 aliphatic rings. The third-order valence-corrected chi connectivity index (χ3v) is 7.20. The van der Waals surface area contributed by atoms with Gasteiger partial charge in [0.25, 0.3) is 0 Å². The molecule has 33 heavy (non-hydrogen) atoms. The highest BCUT2D eigenvalue weighted by Crippen LogP contribution is 2.39. The summed E-state index contributed by atoms with van der Waals surface area (Å²) in [6, 6.07) is 8.50. The Kier molecular flexibility index (Phi) is 5.30. The molecule has 168 valence electrons. The van der Waals surface area contributed by atoms with Gasteiger partial charge in [0, 0.05) is 23.2 Å². The van der Waals surface area contributed by atoms with Crippen LogP contribution in [0, 0.1) is 11.6 Å². The highest BCUT2D eigenvalue weighted by atomic mass is 32.1. The number of carbonyl (C=O) groups is 1. The van der Waals surface area contributed by atoms with Gasteiger partial charge < -0.3 is 10.4 Å². The van der Waals surface area contributed by atoms with Crippen molar-refractivity contribution in [1.29, 1.82) is 0 Å². The zero-order valence-electron chi connectivity index (χ0n) is 17.6. The van der Waals surface area contributed by atoms with Crippen molar-refractivity contribution in [3.63, 3.8) is 0 Å². The van der Waals surface area contributed by atoms with Gasteiger partial charge in [-0.2, -0.15) is 0 Å². The summed E-state index contributed by atoms with van der Waals surface area (Å²) in [5.74, 6) is -3.10. The number of hydrogen-bond donors (Lipinski definition) is 2. The number of halogens is 2. The topological polar surface area (TPSA) is 84.2 Å². The summed E-state index contributed by atoms with van der Waals surface area (Å²) < 4.78 is 29.3. The molecule has 0 fully saturated rings. The summed E-state index contributed by atoms with van der Waals surface area (Å²) >= 11 is 1.63. The summed E-state index contributed by atoms with van der Waals surface area (Å²) in [4.78, 5) is 31.3. The van der Waals surface area contributed by atoms with Gasteiger partial charge in [0.2, 0.25) is 5.43 Å². The number of aromatic carboxylic acids is 1. The monoisotopic (exact) mass is 467 g/mol. The van der Waals surface area contributed by atoms with Crippen LogP contribution < -0.4 is 10.7 Å². The van der Waals surface area contributed by atoms with Gasteiger partial charge in [0.1, 0.15) is 22.8 Å². The first-order chi connectivity index (χ1) is 15.9. The van der Waals surface area contributed by atoms with E-state index in [2.05, 4.69) is 16.4 Å². The van der Waals surface area contributed by atoms with E-state index in [0.717, 1.165) is 36.4 Å². The lowest BCUT2D eigenvalue weighted by Crippen LogP contribution is -2.20. The molecule has 0 amide bonds. The largest absolute Gasteiger partial charge is 0.477 e. The molecule has 2 N–H and O–H groups in total. The molecule has 6 nitrogen and oxygen atoms in total. The number of nitrogens with one attached hydrogen (secondary N) is 1. The fraction of sp³-hybridized carbons (Fsp3) is 0.208. The van der Waals surface area contributed by atoms with Crippen LogP contribution in [0.1, 0.15) is 39.7 Å². The van der Waals surface area contributed by atoms with Gasteiger partial charge in [-0.25, -0.2) is 18.6 Å². The van der Waals surface area contributed by atoms with E-state index in [4.69, 9.17) is 0 Å². The number of carboxylic acids is 1. The minimum Gasteiger partial charge on any atom is -0.477 e. The Morgan fingerprint density at radius 2 is 2.06 bits per heavy atom. The molecule has 0 saturated carbocycles. The van der Waals surface area contributed by atoms with Crippen LogP contribution in [-0.4, -0.2) is 27.7 Å². The maximum absolute atomic E-state index is 14.6. The van der Waals surface area contributed by atoms with E-state index in [-0.39, 0.29) is 22.8 Å². The zero-order valence-corrected chi connectivity index (χ0v) is 18.4. The molecule has 4 aromatic rings. The molecule has 0 bridgehead atoms. The second-order valence-electron chi connectivity index (χ2n) is 7.93. The summed E-state index contributed by atoms with van der Waals surface area (Å²) in [5.41, 5.74) is 0.587. The minimum absolute atomic E-state index is 0.0387. The minimum atomic E-state index is -1.44. The molecule has 5 rings (SSSR count). The lowest BCUT2D eigenvalue weighted by atomic mass is 9.94. The van der Waals surface area contributed by atoms with Gasteiger partial charge in [0.15, 0.2) is 0 Å². The van der Waals surface area contributed by atoms with E-state index in [1.165, 1.54) is 27.1 Å². The second kappa shape index (κ2) is 8.17. The lowest BCUT2D eigenvalue weighted by Gasteiger charge is -2.21. The number of nitrogens with zero attached hydrogens (tertiary/aromatic N) is 2. The van der Waals surface area contributed by atoms with Crippen LogP contribution >= 0.6 is 11.3 Å². The van der Waals surface area contributed by atoms with Crippen LogP contribution in [0.3, 0.4) is 0 Å². The number of pyridine rings is 2. The number of thiophene rings is 1. The Morgan fingerprint density at radius 1 is 1.24 bits per heavy atom. The number of rotatable bonds is 4. The van der Waals surface area contributed by atoms with Gasteiger partial charge in [-0.1, -0.05) is 0 Å². The lowest BCUT2D eigenvalue weighted by molar-refractivity contribution is 0.0695. The fourth-order valence-corrected chi connectivity index (χ4v) is 5.57. The number of aromatic nitrogens is 2. The molecule has 1 aliphatic carbocycles. The highest BCUT2D eigenvalue weighted by molar-refractivity contribution is 7.15. The van der Waals surface area contributed by atoms with E-state index < -0.39 is 28.6 Å². The van der Waals surface area contributed by atoms with Crippen LogP contribution in [0.15, 0.2) is 47.4 Å². The van der Waals surface area contributed by atoms with Crippen molar-refractivity contribution in [3.05, 3.63) is 80.5 Å². The van der Waals surface area contributed by atoms with Gasteiger partial charge >= 0.3 is 5.97 Å². The van der Waals surface area contributed by atoms with Gasteiger partial charge in [0.05, 0.1) is 21.6 Å². The Hall–Kier alpha value is -3.43. The zero-order chi connectivity index (χ0) is 23.3. The predicted octanol–water partition coefficient (Wildman–Crippen LogP) is 4.69. The molecule has 0 radical (unpaired) electrons. The Morgan fingerprint density at radius 3 is 2.79 bits per heavy atom. The first-order valence-electron chi connectivity index (χ1n) is 10.4. The maximum Gasteiger partial charge on any atom is 0.341 e. The van der Waals surface area contributed by atoms with Crippen molar-refractivity contribution in [1.82, 2.24) is 14.9 Å². The molecule has 0 spiro atoms. The SMILES string of the molecule is CNC1CCCc2sc(-c3ccc4c(=O)c(C(=O)O)cn(-c5ccc(F)cc5F)c4n3)cc21. The summed E-state index contributed by atoms with van der Waals surface area (Å²) in [5, 5.41) is 12.9. The number of benzene rings is 1. The molecule has 0 aliphatic heterocycles. The third kappa shape index (κ3) is 3.63. The number of fused-ring (bicyclic) bond motifs is 2. The number of carboxylic acid groups (broad SMARTS) is 1. The molecule has 1 unspecified atom stereocenters. The molecule has 1 aromatic carbocycles. The van der Waals surface area contributed by atoms with Crippen LogP contribution in [0.2, 0.25) is 0 Å². The van der Waals surface area contributed by atoms with E-state index in [9.17, 15) is 23.5 Å². The number of aryl methyl sites for hydroxylation is 1. The normalized spacial score (nSPS) is 15.5. The molecule has 1 atom stereocenters. The smallest absolute Gasteiger partial charge is 0.341 e. The first kappa shape index (κ1) is 21.4. The quantitative estimate of drug-likeness (QED) is 0.455. The Bertz CT molecular complexity index is 1480. The van der Waals surface area contributed by atoms with Gasteiger partial charge in [-0.15, -0.1) is 11.3 Å². The van der Waals surface area contributed by atoms with E-state index >= 15 is 0 Å². The van der Waals surface area contributed by atoms with E-state index in [1.807, 2.05) is 7.05 Å². The van der Waals surface area contributed by atoms with Gasteiger partial charge in [-0.3, -0.25) is 9.36 Å². The van der Waals surface area contributed by atoms with Crippen molar-refractivity contribution < 1.29 is 18.7 Å². The summed E-state index contributed by atoms with van der Waals surface area (Å²) in [6.45, 7) is 0. The fourth-order valence-electron chi connectivity index (χ4n) is 4.33. The van der Waals surface area contributed by atoms with Crippen molar-refractivity contribution in [3.8, 4) is 16.3 Å². The molecule has 3 aromatic heterocycles. The highest BCUT2D eigenvalue weighted by Gasteiger charge is 2.23.